The quantitative estimate of drug-likeness (QED) is 0.339. The number of hydrogen-bond acceptors (Lipinski definition) is 4. The number of aryl methyl sites for hydroxylation is 2. The van der Waals surface area contributed by atoms with E-state index < -0.39 is 10.0 Å². The fraction of sp³-hybridized carbons (Fsp3) is 0.208. The second-order valence-corrected chi connectivity index (χ2v) is 10.3. The van der Waals surface area contributed by atoms with Gasteiger partial charge >= 0.3 is 0 Å². The Balaban J connectivity index is 1.63. The summed E-state index contributed by atoms with van der Waals surface area (Å²) in [6.45, 7) is 3.87. The number of carbonyl (C=O) groups excluding carboxylic acids is 1. The highest BCUT2D eigenvalue weighted by atomic mass is 79.9. The molecule has 0 atom stereocenters. The molecule has 3 rings (SSSR count). The van der Waals surface area contributed by atoms with E-state index in [9.17, 15) is 13.2 Å². The normalized spacial score (nSPS) is 11.2. The number of ether oxygens (including phenoxy) is 1. The maximum atomic E-state index is 12.6. The number of carbonyl (C=O) groups is 1. The third kappa shape index (κ3) is 6.72. The van der Waals surface area contributed by atoms with E-state index in [1.54, 1.807) is 24.3 Å². The fourth-order valence-corrected chi connectivity index (χ4v) is 4.95. The predicted molar refractivity (Wildman–Crippen MR) is 136 cm³/mol. The van der Waals surface area contributed by atoms with Crippen molar-refractivity contribution >= 4 is 54.8 Å². The Morgan fingerprint density at radius 2 is 1.55 bits per heavy atom. The van der Waals surface area contributed by atoms with E-state index in [2.05, 4.69) is 26.0 Å². The molecule has 174 valence electrons. The molecule has 0 aromatic heterocycles. The van der Waals surface area contributed by atoms with Gasteiger partial charge in [0.05, 0.1) is 4.90 Å². The number of rotatable bonds is 9. The Hall–Kier alpha value is -2.55. The van der Waals surface area contributed by atoms with Crippen molar-refractivity contribution in [2.45, 2.75) is 31.6 Å². The fourth-order valence-electron chi connectivity index (χ4n) is 3.21. The van der Waals surface area contributed by atoms with Gasteiger partial charge in [-0.25, -0.2) is 8.42 Å². The summed E-state index contributed by atoms with van der Waals surface area (Å²) >= 11 is 9.34. The minimum atomic E-state index is -3.77. The van der Waals surface area contributed by atoms with Crippen LogP contribution in [0.4, 0.5) is 11.4 Å². The molecule has 3 aromatic carbocycles. The van der Waals surface area contributed by atoms with Gasteiger partial charge in [-0.1, -0.05) is 41.4 Å². The lowest BCUT2D eigenvalue weighted by molar-refractivity contribution is -0.118. The number of sulfonamides is 1. The highest BCUT2D eigenvalue weighted by Gasteiger charge is 2.15. The maximum absolute atomic E-state index is 12.6. The molecule has 2 N–H and O–H groups in total. The second kappa shape index (κ2) is 11.0. The van der Waals surface area contributed by atoms with Crippen molar-refractivity contribution in [1.82, 2.24) is 0 Å². The number of hydrogen-bond donors (Lipinski definition) is 2. The van der Waals surface area contributed by atoms with Crippen LogP contribution >= 0.6 is 27.5 Å². The molecular formula is C24H24BrClN2O4S. The van der Waals surface area contributed by atoms with Crippen molar-refractivity contribution in [2.75, 3.05) is 16.6 Å². The second-order valence-electron chi connectivity index (χ2n) is 7.23. The molecule has 0 radical (unpaired) electrons. The largest absolute Gasteiger partial charge is 0.484 e. The van der Waals surface area contributed by atoms with E-state index in [0.717, 1.165) is 34.1 Å². The summed E-state index contributed by atoms with van der Waals surface area (Å²) in [4.78, 5) is 12.6. The topological polar surface area (TPSA) is 84.5 Å². The van der Waals surface area contributed by atoms with Crippen LogP contribution in [0.2, 0.25) is 5.02 Å². The van der Waals surface area contributed by atoms with E-state index in [1.807, 2.05) is 26.0 Å². The summed E-state index contributed by atoms with van der Waals surface area (Å²) in [7, 11) is -3.77. The number of anilines is 2. The molecule has 6 nitrogen and oxygen atoms in total. The Morgan fingerprint density at radius 1 is 0.970 bits per heavy atom. The summed E-state index contributed by atoms with van der Waals surface area (Å²) in [5.74, 6) is 0.0978. The molecule has 0 fully saturated rings. The number of halogens is 2. The molecule has 0 spiro atoms. The summed E-state index contributed by atoms with van der Waals surface area (Å²) in [5, 5.41) is 3.46. The van der Waals surface area contributed by atoms with E-state index >= 15 is 0 Å². The number of benzene rings is 3. The molecule has 0 saturated heterocycles. The maximum Gasteiger partial charge on any atom is 0.262 e. The van der Waals surface area contributed by atoms with Crippen molar-refractivity contribution in [3.63, 3.8) is 0 Å². The average molecular weight is 552 g/mol. The zero-order chi connectivity index (χ0) is 24.0. The summed E-state index contributed by atoms with van der Waals surface area (Å²) in [6.07, 6.45) is 1.56. The van der Waals surface area contributed by atoms with E-state index in [-0.39, 0.29) is 17.4 Å². The van der Waals surface area contributed by atoms with Crippen molar-refractivity contribution in [3.05, 3.63) is 81.3 Å². The van der Waals surface area contributed by atoms with Crippen LogP contribution in [0.1, 0.15) is 25.0 Å². The predicted octanol–water partition coefficient (Wildman–Crippen LogP) is 6.05. The van der Waals surface area contributed by atoms with Crippen LogP contribution in [0, 0.1) is 0 Å². The smallest absolute Gasteiger partial charge is 0.262 e. The van der Waals surface area contributed by atoms with Gasteiger partial charge in [0.1, 0.15) is 5.75 Å². The first kappa shape index (κ1) is 25.1. The molecule has 33 heavy (non-hydrogen) atoms. The first-order valence-electron chi connectivity index (χ1n) is 10.3. The SMILES string of the molecule is CCc1cc(Br)cc(CC)c1NC(=O)COc1ccc(S(=O)(=O)Nc2ccc(Cl)cc2)cc1. The van der Waals surface area contributed by atoms with E-state index in [1.165, 1.54) is 24.3 Å². The lowest BCUT2D eigenvalue weighted by Crippen LogP contribution is -2.22. The first-order chi connectivity index (χ1) is 15.7. The zero-order valence-corrected chi connectivity index (χ0v) is 21.4. The van der Waals surface area contributed by atoms with Crippen LogP contribution in [0.25, 0.3) is 0 Å². The molecule has 0 saturated carbocycles. The third-order valence-corrected chi connectivity index (χ3v) is 7.00. The lowest BCUT2D eigenvalue weighted by atomic mass is 10.0. The summed E-state index contributed by atoms with van der Waals surface area (Å²) < 4.78 is 34.1. The molecule has 0 aliphatic heterocycles. The number of nitrogens with one attached hydrogen (secondary N) is 2. The van der Waals surface area contributed by atoms with Gasteiger partial charge in [0.25, 0.3) is 15.9 Å². The average Bonchev–Trinajstić information content (AvgIpc) is 2.80. The molecular weight excluding hydrogens is 528 g/mol. The highest BCUT2D eigenvalue weighted by molar-refractivity contribution is 9.10. The van der Waals surface area contributed by atoms with Gasteiger partial charge in [-0.15, -0.1) is 0 Å². The molecule has 0 aliphatic rings. The minimum Gasteiger partial charge on any atom is -0.484 e. The first-order valence-corrected chi connectivity index (χ1v) is 13.0. The molecule has 0 aliphatic carbocycles. The van der Waals surface area contributed by atoms with Gasteiger partial charge in [-0.3, -0.25) is 9.52 Å². The Bertz CT molecular complexity index is 1210. The van der Waals surface area contributed by atoms with Crippen LogP contribution < -0.4 is 14.8 Å². The third-order valence-electron chi connectivity index (χ3n) is 4.89. The van der Waals surface area contributed by atoms with Crippen LogP contribution in [0.15, 0.2) is 70.0 Å². The van der Waals surface area contributed by atoms with Gasteiger partial charge in [-0.2, -0.15) is 0 Å². The summed E-state index contributed by atoms with van der Waals surface area (Å²) in [5.41, 5.74) is 3.29. The molecule has 3 aromatic rings. The molecule has 0 unspecified atom stereocenters. The van der Waals surface area contributed by atoms with Crippen molar-refractivity contribution < 1.29 is 17.9 Å². The van der Waals surface area contributed by atoms with Gasteiger partial charge < -0.3 is 10.1 Å². The van der Waals surface area contributed by atoms with Crippen molar-refractivity contribution in [1.29, 1.82) is 0 Å². The van der Waals surface area contributed by atoms with Crippen molar-refractivity contribution in [3.8, 4) is 5.75 Å². The molecule has 1 amide bonds. The zero-order valence-electron chi connectivity index (χ0n) is 18.2. The van der Waals surface area contributed by atoms with Crippen LogP contribution in [0.5, 0.6) is 5.75 Å². The van der Waals surface area contributed by atoms with Gasteiger partial charge in [0.2, 0.25) is 0 Å². The van der Waals surface area contributed by atoms with Crippen molar-refractivity contribution in [2.24, 2.45) is 0 Å². The Kier molecular flexibility index (Phi) is 8.40. The molecule has 9 heteroatoms. The molecule has 0 bridgehead atoms. The Morgan fingerprint density at radius 3 is 2.09 bits per heavy atom. The lowest BCUT2D eigenvalue weighted by Gasteiger charge is -2.16. The van der Waals surface area contributed by atoms with Crippen LogP contribution in [-0.4, -0.2) is 20.9 Å². The summed E-state index contributed by atoms with van der Waals surface area (Å²) in [6, 6.07) is 16.2. The van der Waals surface area contributed by atoms with Gasteiger partial charge in [0, 0.05) is 20.9 Å². The number of amides is 1. The highest BCUT2D eigenvalue weighted by Crippen LogP contribution is 2.28. The molecule has 0 heterocycles. The minimum absolute atomic E-state index is 0.0734. The van der Waals surface area contributed by atoms with Crippen LogP contribution in [0.3, 0.4) is 0 Å². The van der Waals surface area contributed by atoms with Gasteiger partial charge in [-0.05, 0) is 84.6 Å². The standard InChI is InChI=1S/C24H24BrClN2O4S/c1-3-16-13-18(25)14-17(4-2)24(16)27-23(29)15-32-21-9-11-22(12-10-21)33(30,31)28-20-7-5-19(26)6-8-20/h5-14,28H,3-4,15H2,1-2H3,(H,27,29). The van der Waals surface area contributed by atoms with Crippen LogP contribution in [-0.2, 0) is 27.7 Å². The van der Waals surface area contributed by atoms with Gasteiger partial charge in [0.15, 0.2) is 6.61 Å². The monoisotopic (exact) mass is 550 g/mol. The Labute approximate surface area is 207 Å². The van der Waals surface area contributed by atoms with E-state index in [0.29, 0.717) is 16.5 Å². The van der Waals surface area contributed by atoms with E-state index in [4.69, 9.17) is 16.3 Å².